The number of ether oxygens (including phenoxy) is 1. The summed E-state index contributed by atoms with van der Waals surface area (Å²) in [5, 5.41) is 0. The van der Waals surface area contributed by atoms with Crippen LogP contribution in [0.25, 0.3) is 0 Å². The predicted molar refractivity (Wildman–Crippen MR) is 85.4 cm³/mol. The SMILES string of the molecule is CCCC(COc1c(Br)cccc1Br)CS(=O)(=O)Cl. The van der Waals surface area contributed by atoms with Gasteiger partial charge >= 0.3 is 0 Å². The van der Waals surface area contributed by atoms with Crippen molar-refractivity contribution in [2.75, 3.05) is 12.4 Å². The van der Waals surface area contributed by atoms with E-state index >= 15 is 0 Å². The molecule has 0 amide bonds. The molecule has 0 spiro atoms. The zero-order valence-electron chi connectivity index (χ0n) is 10.4. The van der Waals surface area contributed by atoms with E-state index in [4.69, 9.17) is 15.4 Å². The second kappa shape index (κ2) is 7.86. The quantitative estimate of drug-likeness (QED) is 0.590. The van der Waals surface area contributed by atoms with Crippen LogP contribution in [0, 0.1) is 5.92 Å². The van der Waals surface area contributed by atoms with Crippen LogP contribution in [0.3, 0.4) is 0 Å². The number of hydrogen-bond donors (Lipinski definition) is 0. The van der Waals surface area contributed by atoms with E-state index < -0.39 is 9.05 Å². The Bertz CT molecular complexity index is 499. The molecule has 3 nitrogen and oxygen atoms in total. The molecule has 7 heteroatoms. The van der Waals surface area contributed by atoms with E-state index in [0.717, 1.165) is 21.8 Å². The summed E-state index contributed by atoms with van der Waals surface area (Å²) in [5.41, 5.74) is 0. The van der Waals surface area contributed by atoms with Gasteiger partial charge in [0.05, 0.1) is 21.3 Å². The summed E-state index contributed by atoms with van der Waals surface area (Å²) in [6, 6.07) is 5.62. The molecule has 0 saturated heterocycles. The lowest BCUT2D eigenvalue weighted by molar-refractivity contribution is 0.250. The maximum absolute atomic E-state index is 11.2. The molecule has 0 saturated carbocycles. The highest BCUT2D eigenvalue weighted by atomic mass is 79.9. The first kappa shape index (κ1) is 17.3. The van der Waals surface area contributed by atoms with Crippen LogP contribution in [-0.2, 0) is 9.05 Å². The average molecular weight is 435 g/mol. The predicted octanol–water partition coefficient (Wildman–Crippen LogP) is 4.58. The average Bonchev–Trinajstić information content (AvgIpc) is 2.26. The molecular formula is C12H15Br2ClO3S. The lowest BCUT2D eigenvalue weighted by Gasteiger charge is -2.17. The van der Waals surface area contributed by atoms with Gasteiger partial charge in [0.1, 0.15) is 5.75 Å². The van der Waals surface area contributed by atoms with Crippen molar-refractivity contribution < 1.29 is 13.2 Å². The Balaban J connectivity index is 2.71. The van der Waals surface area contributed by atoms with Gasteiger partial charge in [-0.15, -0.1) is 0 Å². The van der Waals surface area contributed by atoms with Crippen molar-refractivity contribution in [2.45, 2.75) is 19.8 Å². The molecule has 1 unspecified atom stereocenters. The maximum Gasteiger partial charge on any atom is 0.232 e. The molecule has 1 aromatic rings. The normalized spacial score (nSPS) is 13.3. The molecule has 0 N–H and O–H groups in total. The second-order valence-corrected chi connectivity index (χ2v) is 8.75. The Morgan fingerprint density at radius 3 is 2.37 bits per heavy atom. The zero-order valence-corrected chi connectivity index (χ0v) is 15.1. The van der Waals surface area contributed by atoms with Gasteiger partial charge in [0.15, 0.2) is 0 Å². The van der Waals surface area contributed by atoms with E-state index in [9.17, 15) is 8.42 Å². The van der Waals surface area contributed by atoms with Crippen molar-refractivity contribution in [3.63, 3.8) is 0 Å². The topological polar surface area (TPSA) is 43.4 Å². The number of para-hydroxylation sites is 1. The third-order valence-electron chi connectivity index (χ3n) is 2.51. The van der Waals surface area contributed by atoms with Crippen LogP contribution in [0.2, 0.25) is 0 Å². The van der Waals surface area contributed by atoms with Crippen LogP contribution < -0.4 is 4.74 Å². The summed E-state index contributed by atoms with van der Waals surface area (Å²) in [6.45, 7) is 2.32. The Morgan fingerprint density at radius 1 is 1.32 bits per heavy atom. The summed E-state index contributed by atoms with van der Waals surface area (Å²) in [4.78, 5) is 0. The van der Waals surface area contributed by atoms with Gasteiger partial charge in [-0.05, 0) is 50.4 Å². The van der Waals surface area contributed by atoms with Gasteiger partial charge in [-0.25, -0.2) is 8.42 Å². The third kappa shape index (κ3) is 6.47. The first-order valence-corrected chi connectivity index (χ1v) is 9.89. The fourth-order valence-electron chi connectivity index (χ4n) is 1.73. The van der Waals surface area contributed by atoms with Gasteiger partial charge in [0.25, 0.3) is 0 Å². The Kier molecular flexibility index (Phi) is 7.14. The van der Waals surface area contributed by atoms with Crippen LogP contribution in [-0.4, -0.2) is 20.8 Å². The van der Waals surface area contributed by atoms with Crippen LogP contribution in [0.5, 0.6) is 5.75 Å². The summed E-state index contributed by atoms with van der Waals surface area (Å²) in [7, 11) is 1.80. The number of hydrogen-bond acceptors (Lipinski definition) is 3. The Hall–Kier alpha value is 0.220. The Morgan fingerprint density at radius 2 is 1.89 bits per heavy atom. The number of halogens is 3. The fraction of sp³-hybridized carbons (Fsp3) is 0.500. The van der Waals surface area contributed by atoms with Crippen LogP contribution >= 0.6 is 42.5 Å². The minimum Gasteiger partial charge on any atom is -0.491 e. The molecular weight excluding hydrogens is 419 g/mol. The van der Waals surface area contributed by atoms with Crippen molar-refractivity contribution in [1.82, 2.24) is 0 Å². The van der Waals surface area contributed by atoms with Gasteiger partial charge in [-0.3, -0.25) is 0 Å². The first-order chi connectivity index (χ1) is 8.83. The van der Waals surface area contributed by atoms with Crippen LogP contribution in [0.15, 0.2) is 27.1 Å². The molecule has 0 heterocycles. The lowest BCUT2D eigenvalue weighted by atomic mass is 10.1. The molecule has 0 radical (unpaired) electrons. The molecule has 19 heavy (non-hydrogen) atoms. The van der Waals surface area contributed by atoms with E-state index in [1.807, 2.05) is 25.1 Å². The van der Waals surface area contributed by atoms with Crippen molar-refractivity contribution in [3.05, 3.63) is 27.1 Å². The van der Waals surface area contributed by atoms with E-state index in [1.165, 1.54) is 0 Å². The van der Waals surface area contributed by atoms with Gasteiger partial charge in [-0.2, -0.15) is 0 Å². The fourth-order valence-corrected chi connectivity index (χ4v) is 4.31. The van der Waals surface area contributed by atoms with Crippen LogP contribution in [0.1, 0.15) is 19.8 Å². The summed E-state index contributed by atoms with van der Waals surface area (Å²) < 4.78 is 29.7. The summed E-state index contributed by atoms with van der Waals surface area (Å²) in [6.07, 6.45) is 1.64. The number of benzene rings is 1. The second-order valence-electron chi connectivity index (χ2n) is 4.22. The van der Waals surface area contributed by atoms with Crippen molar-refractivity contribution in [2.24, 2.45) is 5.92 Å². The molecule has 1 aromatic carbocycles. The highest BCUT2D eigenvalue weighted by molar-refractivity contribution is 9.11. The first-order valence-electron chi connectivity index (χ1n) is 5.82. The van der Waals surface area contributed by atoms with Gasteiger partial charge in [0, 0.05) is 16.6 Å². The standard InChI is InChI=1S/C12H15Br2ClO3S/c1-2-4-9(8-19(15,16)17)7-18-12-10(13)5-3-6-11(12)14/h3,5-6,9H,2,4,7-8H2,1H3. The minimum absolute atomic E-state index is 0.0650. The highest BCUT2D eigenvalue weighted by Gasteiger charge is 2.18. The molecule has 0 aromatic heterocycles. The van der Waals surface area contributed by atoms with Crippen LogP contribution in [0.4, 0.5) is 0 Å². The molecule has 0 fully saturated rings. The maximum atomic E-state index is 11.2. The molecule has 0 aliphatic rings. The third-order valence-corrected chi connectivity index (χ3v) is 5.01. The minimum atomic E-state index is -3.50. The smallest absolute Gasteiger partial charge is 0.232 e. The monoisotopic (exact) mass is 432 g/mol. The highest BCUT2D eigenvalue weighted by Crippen LogP contribution is 2.33. The Labute approximate surface area is 135 Å². The summed E-state index contributed by atoms with van der Waals surface area (Å²) in [5.74, 6) is 0.506. The molecule has 1 rings (SSSR count). The summed E-state index contributed by atoms with van der Waals surface area (Å²) >= 11 is 6.80. The molecule has 108 valence electrons. The molecule has 0 bridgehead atoms. The van der Waals surface area contributed by atoms with E-state index in [1.54, 1.807) is 0 Å². The molecule has 0 aliphatic carbocycles. The van der Waals surface area contributed by atoms with Crippen molar-refractivity contribution in [1.29, 1.82) is 0 Å². The molecule has 1 atom stereocenters. The van der Waals surface area contributed by atoms with Gasteiger partial charge in [0.2, 0.25) is 9.05 Å². The molecule has 0 aliphatic heterocycles. The van der Waals surface area contributed by atoms with Crippen molar-refractivity contribution >= 4 is 51.6 Å². The lowest BCUT2D eigenvalue weighted by Crippen LogP contribution is -2.19. The number of rotatable bonds is 7. The van der Waals surface area contributed by atoms with E-state index in [0.29, 0.717) is 12.4 Å². The largest absolute Gasteiger partial charge is 0.491 e. The van der Waals surface area contributed by atoms with Crippen molar-refractivity contribution in [3.8, 4) is 5.75 Å². The zero-order chi connectivity index (χ0) is 14.5. The van der Waals surface area contributed by atoms with Gasteiger partial charge in [-0.1, -0.05) is 19.4 Å². The van der Waals surface area contributed by atoms with Gasteiger partial charge < -0.3 is 4.74 Å². The van der Waals surface area contributed by atoms with E-state index in [2.05, 4.69) is 31.9 Å². The van der Waals surface area contributed by atoms with E-state index in [-0.39, 0.29) is 11.7 Å².